The van der Waals surface area contributed by atoms with E-state index in [1.54, 1.807) is 18.0 Å². The zero-order valence-corrected chi connectivity index (χ0v) is 16.4. The van der Waals surface area contributed by atoms with Gasteiger partial charge in [-0.3, -0.25) is 4.79 Å². The minimum Gasteiger partial charge on any atom is -0.486 e. The van der Waals surface area contributed by atoms with Crippen molar-refractivity contribution < 1.29 is 22.7 Å². The summed E-state index contributed by atoms with van der Waals surface area (Å²) in [7, 11) is -1.79. The number of benzene rings is 1. The summed E-state index contributed by atoms with van der Waals surface area (Å²) >= 11 is 0. The van der Waals surface area contributed by atoms with Crippen molar-refractivity contribution in [1.29, 1.82) is 0 Å². The maximum atomic E-state index is 12.5. The molecule has 0 aromatic heterocycles. The van der Waals surface area contributed by atoms with Crippen LogP contribution >= 0.6 is 12.4 Å². The highest BCUT2D eigenvalue weighted by molar-refractivity contribution is 7.91. The Morgan fingerprint density at radius 1 is 1.19 bits per heavy atom. The van der Waals surface area contributed by atoms with Crippen LogP contribution in [0.4, 0.5) is 0 Å². The van der Waals surface area contributed by atoms with Crippen molar-refractivity contribution in [1.82, 2.24) is 10.2 Å². The van der Waals surface area contributed by atoms with E-state index in [1.165, 1.54) is 12.1 Å². The zero-order chi connectivity index (χ0) is 17.9. The third-order valence-electron chi connectivity index (χ3n) is 4.71. The lowest BCUT2D eigenvalue weighted by atomic mass is 10.1. The highest BCUT2D eigenvalue weighted by atomic mass is 35.5. The average Bonchev–Trinajstić information content (AvgIpc) is 2.66. The van der Waals surface area contributed by atoms with E-state index in [0.29, 0.717) is 24.7 Å². The lowest BCUT2D eigenvalue weighted by molar-refractivity contribution is -0.132. The maximum Gasteiger partial charge on any atom is 0.223 e. The largest absolute Gasteiger partial charge is 0.486 e. The van der Waals surface area contributed by atoms with Crippen molar-refractivity contribution in [2.75, 3.05) is 39.1 Å². The molecule has 9 heteroatoms. The molecule has 3 rings (SSSR count). The molecule has 1 aromatic carbocycles. The maximum absolute atomic E-state index is 12.5. The van der Waals surface area contributed by atoms with E-state index in [9.17, 15) is 13.2 Å². The standard InChI is InChI=1S/C17H24N2O5S.ClH/c1-19(13-4-7-18-8-5-13)17(20)6-11-25(21,22)14-2-3-15-16(12-14)24-10-9-23-15;/h2-3,12-13,18H,4-11H2,1H3;1H. The van der Waals surface area contributed by atoms with Crippen LogP contribution in [-0.4, -0.2) is 64.4 Å². The first-order valence-electron chi connectivity index (χ1n) is 8.56. The molecule has 26 heavy (non-hydrogen) atoms. The smallest absolute Gasteiger partial charge is 0.223 e. The van der Waals surface area contributed by atoms with Gasteiger partial charge in [0.05, 0.1) is 10.6 Å². The van der Waals surface area contributed by atoms with Crippen LogP contribution in [0.15, 0.2) is 23.1 Å². The molecule has 0 radical (unpaired) electrons. The number of hydrogen-bond donors (Lipinski definition) is 1. The molecule has 146 valence electrons. The van der Waals surface area contributed by atoms with Gasteiger partial charge in [-0.1, -0.05) is 0 Å². The quantitative estimate of drug-likeness (QED) is 0.795. The Balaban J connectivity index is 0.00000243. The number of halogens is 1. The molecule has 0 spiro atoms. The summed E-state index contributed by atoms with van der Waals surface area (Å²) in [4.78, 5) is 14.2. The van der Waals surface area contributed by atoms with Gasteiger partial charge in [0, 0.05) is 25.6 Å². The van der Waals surface area contributed by atoms with E-state index in [1.807, 2.05) is 0 Å². The number of amides is 1. The Morgan fingerprint density at radius 3 is 2.54 bits per heavy atom. The Bertz CT molecular complexity index is 735. The number of hydrogen-bond acceptors (Lipinski definition) is 6. The van der Waals surface area contributed by atoms with Gasteiger partial charge in [0.15, 0.2) is 21.3 Å². The van der Waals surface area contributed by atoms with Gasteiger partial charge in [0.1, 0.15) is 13.2 Å². The first-order valence-corrected chi connectivity index (χ1v) is 10.2. The van der Waals surface area contributed by atoms with Crippen LogP contribution in [0, 0.1) is 0 Å². The van der Waals surface area contributed by atoms with Crippen LogP contribution < -0.4 is 14.8 Å². The van der Waals surface area contributed by atoms with E-state index >= 15 is 0 Å². The molecule has 1 amide bonds. The van der Waals surface area contributed by atoms with Crippen molar-refractivity contribution in [3.8, 4) is 11.5 Å². The van der Waals surface area contributed by atoms with E-state index < -0.39 is 9.84 Å². The molecule has 1 N–H and O–H groups in total. The summed E-state index contributed by atoms with van der Waals surface area (Å²) < 4.78 is 35.9. The van der Waals surface area contributed by atoms with Crippen molar-refractivity contribution in [3.05, 3.63) is 18.2 Å². The Hall–Kier alpha value is -1.51. The molecule has 1 saturated heterocycles. The Labute approximate surface area is 160 Å². The number of nitrogens with one attached hydrogen (secondary N) is 1. The van der Waals surface area contributed by atoms with Crippen LogP contribution in [0.25, 0.3) is 0 Å². The molecular formula is C17H25ClN2O5S. The van der Waals surface area contributed by atoms with Crippen molar-refractivity contribution >= 4 is 28.2 Å². The molecule has 2 aliphatic rings. The third-order valence-corrected chi connectivity index (χ3v) is 6.42. The number of sulfone groups is 1. The lowest BCUT2D eigenvalue weighted by Gasteiger charge is -2.31. The number of carbonyl (C=O) groups is 1. The van der Waals surface area contributed by atoms with E-state index in [4.69, 9.17) is 9.47 Å². The summed E-state index contributed by atoms with van der Waals surface area (Å²) in [6.07, 6.45) is 1.78. The van der Waals surface area contributed by atoms with Crippen molar-refractivity contribution in [3.63, 3.8) is 0 Å². The van der Waals surface area contributed by atoms with Gasteiger partial charge in [-0.2, -0.15) is 0 Å². The van der Waals surface area contributed by atoms with Gasteiger partial charge in [0.25, 0.3) is 0 Å². The van der Waals surface area contributed by atoms with E-state index in [-0.39, 0.29) is 41.4 Å². The van der Waals surface area contributed by atoms with Gasteiger partial charge in [-0.15, -0.1) is 12.4 Å². The monoisotopic (exact) mass is 404 g/mol. The highest BCUT2D eigenvalue weighted by Crippen LogP contribution is 2.32. The molecule has 0 bridgehead atoms. The molecule has 2 heterocycles. The molecule has 2 aliphatic heterocycles. The minimum absolute atomic E-state index is 0. The summed E-state index contributed by atoms with van der Waals surface area (Å²) in [6, 6.07) is 4.77. The molecule has 0 unspecified atom stereocenters. The van der Waals surface area contributed by atoms with Gasteiger partial charge in [0.2, 0.25) is 5.91 Å². The first kappa shape index (κ1) is 20.8. The predicted octanol–water partition coefficient (Wildman–Crippen LogP) is 1.25. The fourth-order valence-corrected chi connectivity index (χ4v) is 4.37. The summed E-state index contributed by atoms with van der Waals surface area (Å²) in [5, 5.41) is 3.26. The number of rotatable bonds is 5. The van der Waals surface area contributed by atoms with Crippen LogP contribution in [0.2, 0.25) is 0 Å². The second-order valence-electron chi connectivity index (χ2n) is 6.36. The van der Waals surface area contributed by atoms with Gasteiger partial charge in [-0.05, 0) is 38.1 Å². The molecule has 7 nitrogen and oxygen atoms in total. The Morgan fingerprint density at radius 2 is 1.85 bits per heavy atom. The minimum atomic E-state index is -3.55. The summed E-state index contributed by atoms with van der Waals surface area (Å²) in [6.45, 7) is 2.63. The van der Waals surface area contributed by atoms with Crippen LogP contribution in [0.3, 0.4) is 0 Å². The van der Waals surface area contributed by atoms with Crippen LogP contribution in [-0.2, 0) is 14.6 Å². The van der Waals surface area contributed by atoms with Crippen molar-refractivity contribution in [2.24, 2.45) is 0 Å². The van der Waals surface area contributed by atoms with Gasteiger partial charge in [-0.25, -0.2) is 8.42 Å². The summed E-state index contributed by atoms with van der Waals surface area (Å²) in [5.74, 6) is 0.645. The third kappa shape index (κ3) is 4.81. The van der Waals surface area contributed by atoms with Gasteiger partial charge < -0.3 is 19.7 Å². The Kier molecular flexibility index (Phi) is 7.14. The zero-order valence-electron chi connectivity index (χ0n) is 14.8. The number of nitrogens with zero attached hydrogens (tertiary/aromatic N) is 1. The molecular weight excluding hydrogens is 380 g/mol. The normalized spacial score (nSPS) is 17.3. The van der Waals surface area contributed by atoms with Gasteiger partial charge >= 0.3 is 0 Å². The average molecular weight is 405 g/mol. The number of carbonyl (C=O) groups excluding carboxylic acids is 1. The first-order chi connectivity index (χ1) is 12.0. The second-order valence-corrected chi connectivity index (χ2v) is 8.47. The van der Waals surface area contributed by atoms with E-state index in [0.717, 1.165) is 25.9 Å². The highest BCUT2D eigenvalue weighted by Gasteiger charge is 2.25. The predicted molar refractivity (Wildman–Crippen MR) is 100 cm³/mol. The fourth-order valence-electron chi connectivity index (χ4n) is 3.13. The molecule has 0 aliphatic carbocycles. The summed E-state index contributed by atoms with van der Waals surface area (Å²) in [5.41, 5.74) is 0. The lowest BCUT2D eigenvalue weighted by Crippen LogP contribution is -2.44. The number of ether oxygens (including phenoxy) is 2. The second kappa shape index (κ2) is 8.92. The van der Waals surface area contributed by atoms with Crippen LogP contribution in [0.1, 0.15) is 19.3 Å². The topological polar surface area (TPSA) is 84.9 Å². The molecule has 0 saturated carbocycles. The van der Waals surface area contributed by atoms with Crippen LogP contribution in [0.5, 0.6) is 11.5 Å². The molecule has 1 aromatic rings. The SMILES string of the molecule is CN(C(=O)CCS(=O)(=O)c1ccc2c(c1)OCCO2)C1CCNCC1.Cl. The molecule has 0 atom stereocenters. The number of fused-ring (bicyclic) bond motifs is 1. The van der Waals surface area contributed by atoms with E-state index in [2.05, 4.69) is 5.32 Å². The van der Waals surface area contributed by atoms with Crippen molar-refractivity contribution in [2.45, 2.75) is 30.2 Å². The molecule has 1 fully saturated rings. The fraction of sp³-hybridized carbons (Fsp3) is 0.588. The number of piperidine rings is 1.